The third kappa shape index (κ3) is 3.95. The molecule has 0 aliphatic carbocycles. The molecule has 0 amide bonds. The number of hydrogen-bond acceptors (Lipinski definition) is 3. The van der Waals surface area contributed by atoms with E-state index in [0.29, 0.717) is 5.11 Å². The van der Waals surface area contributed by atoms with Crippen molar-refractivity contribution in [1.29, 1.82) is 0 Å². The fourth-order valence-corrected chi connectivity index (χ4v) is 0.996. The van der Waals surface area contributed by atoms with Crippen LogP contribution in [-0.4, -0.2) is 25.5 Å². The van der Waals surface area contributed by atoms with Crippen LogP contribution in [0.3, 0.4) is 0 Å². The van der Waals surface area contributed by atoms with E-state index in [1.807, 2.05) is 24.3 Å². The van der Waals surface area contributed by atoms with Crippen molar-refractivity contribution >= 4 is 23.5 Å². The van der Waals surface area contributed by atoms with Gasteiger partial charge in [0.1, 0.15) is 5.75 Å². The van der Waals surface area contributed by atoms with Crippen LogP contribution in [0.5, 0.6) is 5.75 Å². The summed E-state index contributed by atoms with van der Waals surface area (Å²) in [6, 6.07) is 7.59. The van der Waals surface area contributed by atoms with Gasteiger partial charge in [-0.05, 0) is 29.9 Å². The summed E-state index contributed by atoms with van der Waals surface area (Å²) in [4.78, 5) is 0. The van der Waals surface area contributed by atoms with Crippen molar-refractivity contribution in [3.63, 3.8) is 0 Å². The predicted octanol–water partition coefficient (Wildman–Crippen LogP) is 1.12. The first-order valence-corrected chi connectivity index (χ1v) is 4.82. The van der Waals surface area contributed by atoms with Gasteiger partial charge in [0, 0.05) is 7.05 Å². The van der Waals surface area contributed by atoms with Crippen LogP contribution in [0, 0.1) is 0 Å². The molecule has 15 heavy (non-hydrogen) atoms. The number of methoxy groups -OCH3 is 1. The number of hydrazone groups is 1. The Morgan fingerprint density at radius 1 is 1.53 bits per heavy atom. The number of thiocarbonyl (C=S) groups is 1. The van der Waals surface area contributed by atoms with Crippen molar-refractivity contribution in [3.8, 4) is 5.75 Å². The van der Waals surface area contributed by atoms with E-state index in [-0.39, 0.29) is 0 Å². The maximum atomic E-state index is 5.08. The summed E-state index contributed by atoms with van der Waals surface area (Å²) in [7, 11) is 3.36. The highest BCUT2D eigenvalue weighted by Crippen LogP contribution is 2.10. The lowest BCUT2D eigenvalue weighted by Crippen LogP contribution is -2.28. The third-order valence-electron chi connectivity index (χ3n) is 1.70. The molecular weight excluding hydrogens is 210 g/mol. The molecule has 0 heterocycles. The van der Waals surface area contributed by atoms with E-state index in [2.05, 4.69) is 15.8 Å². The van der Waals surface area contributed by atoms with E-state index in [0.717, 1.165) is 11.3 Å². The van der Waals surface area contributed by atoms with Crippen molar-refractivity contribution in [2.75, 3.05) is 14.2 Å². The molecule has 0 aliphatic heterocycles. The summed E-state index contributed by atoms with van der Waals surface area (Å²) in [6.45, 7) is 0. The summed E-state index contributed by atoms with van der Waals surface area (Å²) >= 11 is 4.86. The van der Waals surface area contributed by atoms with E-state index in [1.54, 1.807) is 20.4 Å². The fraction of sp³-hybridized carbons (Fsp3) is 0.200. The standard InChI is InChI=1S/C10H13N3OS/c1-11-10(15)13-12-7-8-4-3-5-9(6-8)14-2/h3-7H,1-2H3,(H2,11,13,15). The van der Waals surface area contributed by atoms with Crippen molar-refractivity contribution in [2.45, 2.75) is 0 Å². The smallest absolute Gasteiger partial charge is 0.186 e. The van der Waals surface area contributed by atoms with Gasteiger partial charge < -0.3 is 10.1 Å². The van der Waals surface area contributed by atoms with Crippen LogP contribution >= 0.6 is 12.2 Å². The van der Waals surface area contributed by atoms with Crippen LogP contribution in [0.2, 0.25) is 0 Å². The minimum Gasteiger partial charge on any atom is -0.497 e. The zero-order valence-electron chi connectivity index (χ0n) is 8.65. The first-order valence-electron chi connectivity index (χ1n) is 4.41. The largest absolute Gasteiger partial charge is 0.497 e. The molecule has 1 aromatic carbocycles. The maximum Gasteiger partial charge on any atom is 0.186 e. The lowest BCUT2D eigenvalue weighted by Gasteiger charge is -2.01. The monoisotopic (exact) mass is 223 g/mol. The van der Waals surface area contributed by atoms with E-state index in [9.17, 15) is 0 Å². The Labute approximate surface area is 94.3 Å². The number of benzene rings is 1. The van der Waals surface area contributed by atoms with E-state index < -0.39 is 0 Å². The molecular formula is C10H13N3OS. The van der Waals surface area contributed by atoms with Crippen molar-refractivity contribution in [1.82, 2.24) is 10.7 Å². The molecule has 0 unspecified atom stereocenters. The molecule has 0 bridgehead atoms. The van der Waals surface area contributed by atoms with Gasteiger partial charge >= 0.3 is 0 Å². The zero-order chi connectivity index (χ0) is 11.1. The first kappa shape index (κ1) is 11.5. The van der Waals surface area contributed by atoms with Gasteiger partial charge in [0.25, 0.3) is 0 Å². The summed E-state index contributed by atoms with van der Waals surface area (Å²) in [5, 5.41) is 7.19. The zero-order valence-corrected chi connectivity index (χ0v) is 9.47. The van der Waals surface area contributed by atoms with Crippen LogP contribution < -0.4 is 15.5 Å². The van der Waals surface area contributed by atoms with Gasteiger partial charge in [0.15, 0.2) is 5.11 Å². The summed E-state index contributed by atoms with van der Waals surface area (Å²) in [5.74, 6) is 0.801. The van der Waals surface area contributed by atoms with Crippen LogP contribution in [0.15, 0.2) is 29.4 Å². The molecule has 0 atom stereocenters. The molecule has 2 N–H and O–H groups in total. The molecule has 0 saturated heterocycles. The third-order valence-corrected chi connectivity index (χ3v) is 2.00. The number of ether oxygens (including phenoxy) is 1. The average Bonchev–Trinajstić information content (AvgIpc) is 2.29. The second kappa shape index (κ2) is 5.98. The Kier molecular flexibility index (Phi) is 4.56. The lowest BCUT2D eigenvalue weighted by atomic mass is 10.2. The second-order valence-corrected chi connectivity index (χ2v) is 3.13. The summed E-state index contributed by atoms with van der Waals surface area (Å²) < 4.78 is 5.08. The van der Waals surface area contributed by atoms with Gasteiger partial charge in [-0.1, -0.05) is 12.1 Å². The molecule has 0 radical (unpaired) electrons. The SMILES string of the molecule is CNC(=S)NN=Cc1cccc(OC)c1. The maximum absolute atomic E-state index is 5.08. The number of nitrogens with one attached hydrogen (secondary N) is 2. The Balaban J connectivity index is 2.59. The molecule has 0 saturated carbocycles. The summed E-state index contributed by atoms with van der Waals surface area (Å²) in [5.41, 5.74) is 3.61. The highest BCUT2D eigenvalue weighted by molar-refractivity contribution is 7.80. The highest BCUT2D eigenvalue weighted by Gasteiger charge is 1.92. The Morgan fingerprint density at radius 2 is 2.33 bits per heavy atom. The molecule has 4 nitrogen and oxygen atoms in total. The first-order chi connectivity index (χ1) is 7.26. The molecule has 1 rings (SSSR count). The molecule has 0 aliphatic rings. The van der Waals surface area contributed by atoms with E-state index >= 15 is 0 Å². The van der Waals surface area contributed by atoms with E-state index in [4.69, 9.17) is 17.0 Å². The summed E-state index contributed by atoms with van der Waals surface area (Å²) in [6.07, 6.45) is 1.67. The molecule has 80 valence electrons. The van der Waals surface area contributed by atoms with Crippen LogP contribution in [0.25, 0.3) is 0 Å². The van der Waals surface area contributed by atoms with Gasteiger partial charge in [-0.3, -0.25) is 5.43 Å². The van der Waals surface area contributed by atoms with Gasteiger partial charge in [0.05, 0.1) is 13.3 Å². The molecule has 1 aromatic rings. The minimum atomic E-state index is 0.481. The van der Waals surface area contributed by atoms with Gasteiger partial charge in [0.2, 0.25) is 0 Å². The number of nitrogens with zero attached hydrogens (tertiary/aromatic N) is 1. The lowest BCUT2D eigenvalue weighted by molar-refractivity contribution is 0.415. The van der Waals surface area contributed by atoms with Crippen LogP contribution in [-0.2, 0) is 0 Å². The van der Waals surface area contributed by atoms with Crippen LogP contribution in [0.1, 0.15) is 5.56 Å². The molecule has 0 aromatic heterocycles. The average molecular weight is 223 g/mol. The number of hydrogen-bond donors (Lipinski definition) is 2. The van der Waals surface area contributed by atoms with Gasteiger partial charge in [-0.25, -0.2) is 0 Å². The Bertz CT molecular complexity index is 365. The van der Waals surface area contributed by atoms with Crippen molar-refractivity contribution in [2.24, 2.45) is 5.10 Å². The van der Waals surface area contributed by atoms with Gasteiger partial charge in [-0.2, -0.15) is 5.10 Å². The fourth-order valence-electron chi connectivity index (χ4n) is 0.943. The van der Waals surface area contributed by atoms with Gasteiger partial charge in [-0.15, -0.1) is 0 Å². The highest BCUT2D eigenvalue weighted by atomic mass is 32.1. The molecule has 5 heteroatoms. The molecule has 0 fully saturated rings. The number of rotatable bonds is 3. The van der Waals surface area contributed by atoms with Crippen LogP contribution in [0.4, 0.5) is 0 Å². The minimum absolute atomic E-state index is 0.481. The Morgan fingerprint density at radius 3 is 3.00 bits per heavy atom. The quantitative estimate of drug-likeness (QED) is 0.458. The predicted molar refractivity (Wildman–Crippen MR) is 65.4 cm³/mol. The Hall–Kier alpha value is -1.62. The normalized spacial score (nSPS) is 10.0. The van der Waals surface area contributed by atoms with Crippen molar-refractivity contribution < 1.29 is 4.74 Å². The van der Waals surface area contributed by atoms with Crippen molar-refractivity contribution in [3.05, 3.63) is 29.8 Å². The van der Waals surface area contributed by atoms with E-state index in [1.165, 1.54) is 0 Å². The second-order valence-electron chi connectivity index (χ2n) is 2.73. The topological polar surface area (TPSA) is 45.7 Å². The molecule has 0 spiro atoms.